The molecule has 0 N–H and O–H groups in total. The normalized spacial score (nSPS) is 33.2. The number of rotatable bonds is 5. The minimum atomic E-state index is 0.722. The second-order valence-electron chi connectivity index (χ2n) is 5.03. The van der Waals surface area contributed by atoms with Crippen LogP contribution in [0.1, 0.15) is 58.8 Å². The molecule has 84 valence electrons. The van der Waals surface area contributed by atoms with E-state index in [4.69, 9.17) is 0 Å². The van der Waals surface area contributed by atoms with Gasteiger partial charge < -0.3 is 0 Å². The average molecular weight is 214 g/mol. The third kappa shape index (κ3) is 3.18. The standard InChI is InChI=1S/C13H26S/c1-4-8-13(11-14-3)9-6-12(5-2)7-10-13/h12H,4-11H2,1-3H3. The van der Waals surface area contributed by atoms with Crippen molar-refractivity contribution < 1.29 is 0 Å². The van der Waals surface area contributed by atoms with E-state index in [1.807, 2.05) is 0 Å². The van der Waals surface area contributed by atoms with E-state index in [-0.39, 0.29) is 0 Å². The van der Waals surface area contributed by atoms with E-state index in [0.29, 0.717) is 0 Å². The van der Waals surface area contributed by atoms with Gasteiger partial charge in [0.1, 0.15) is 0 Å². The van der Waals surface area contributed by atoms with Gasteiger partial charge in [-0.25, -0.2) is 0 Å². The quantitative estimate of drug-likeness (QED) is 0.637. The van der Waals surface area contributed by atoms with E-state index < -0.39 is 0 Å². The smallest absolute Gasteiger partial charge is 0.00136 e. The van der Waals surface area contributed by atoms with Crippen LogP contribution in [0.25, 0.3) is 0 Å². The van der Waals surface area contributed by atoms with Gasteiger partial charge in [-0.3, -0.25) is 0 Å². The molecule has 1 aliphatic carbocycles. The summed E-state index contributed by atoms with van der Waals surface area (Å²) in [5, 5.41) is 0. The van der Waals surface area contributed by atoms with Crippen LogP contribution in [0.4, 0.5) is 0 Å². The molecule has 0 saturated heterocycles. The molecule has 0 nitrogen and oxygen atoms in total. The van der Waals surface area contributed by atoms with Crippen LogP contribution in [0.15, 0.2) is 0 Å². The molecule has 1 aliphatic rings. The number of hydrogen-bond acceptors (Lipinski definition) is 1. The summed E-state index contributed by atoms with van der Waals surface area (Å²) < 4.78 is 0. The van der Waals surface area contributed by atoms with Gasteiger partial charge in [0.15, 0.2) is 0 Å². The van der Waals surface area contributed by atoms with Crippen LogP contribution in [0, 0.1) is 11.3 Å². The zero-order chi connectivity index (χ0) is 10.4. The molecular formula is C13H26S. The zero-order valence-electron chi connectivity index (χ0n) is 10.1. The summed E-state index contributed by atoms with van der Waals surface area (Å²) in [6, 6.07) is 0. The zero-order valence-corrected chi connectivity index (χ0v) is 11.0. The maximum Gasteiger partial charge on any atom is -0.00136 e. The van der Waals surface area contributed by atoms with Gasteiger partial charge in [-0.2, -0.15) is 11.8 Å². The first-order chi connectivity index (χ1) is 6.76. The molecule has 0 aromatic rings. The lowest BCUT2D eigenvalue weighted by atomic mass is 9.69. The predicted molar refractivity (Wildman–Crippen MR) is 68.0 cm³/mol. The molecule has 0 heterocycles. The molecule has 0 amide bonds. The monoisotopic (exact) mass is 214 g/mol. The maximum atomic E-state index is 2.35. The van der Waals surface area contributed by atoms with Crippen molar-refractivity contribution >= 4 is 11.8 Å². The molecule has 1 heteroatoms. The van der Waals surface area contributed by atoms with Crippen LogP contribution in [-0.4, -0.2) is 12.0 Å². The van der Waals surface area contributed by atoms with Gasteiger partial charge in [0.2, 0.25) is 0 Å². The largest absolute Gasteiger partial charge is 0.165 e. The summed E-state index contributed by atoms with van der Waals surface area (Å²) >= 11 is 2.06. The molecule has 0 spiro atoms. The Hall–Kier alpha value is 0.350. The molecule has 1 saturated carbocycles. The second-order valence-corrected chi connectivity index (χ2v) is 5.90. The van der Waals surface area contributed by atoms with E-state index in [1.54, 1.807) is 0 Å². The first-order valence-corrected chi connectivity index (χ1v) is 7.64. The highest BCUT2D eigenvalue weighted by Gasteiger charge is 2.33. The Morgan fingerprint density at radius 2 is 1.86 bits per heavy atom. The highest BCUT2D eigenvalue weighted by atomic mass is 32.2. The van der Waals surface area contributed by atoms with E-state index >= 15 is 0 Å². The Kier molecular flexibility index (Phi) is 5.36. The molecule has 0 bridgehead atoms. The van der Waals surface area contributed by atoms with E-state index in [1.165, 1.54) is 50.7 Å². The molecule has 0 unspecified atom stereocenters. The van der Waals surface area contributed by atoms with E-state index in [2.05, 4.69) is 31.9 Å². The minimum Gasteiger partial charge on any atom is -0.165 e. The maximum absolute atomic E-state index is 2.35. The summed E-state index contributed by atoms with van der Waals surface area (Å²) in [6.07, 6.45) is 12.5. The van der Waals surface area contributed by atoms with E-state index in [9.17, 15) is 0 Å². The predicted octanol–water partition coefficient (Wildman–Crippen LogP) is 4.74. The van der Waals surface area contributed by atoms with Crippen LogP contribution in [-0.2, 0) is 0 Å². The summed E-state index contributed by atoms with van der Waals surface area (Å²) in [4.78, 5) is 0. The molecule has 0 aliphatic heterocycles. The van der Waals surface area contributed by atoms with Crippen molar-refractivity contribution in [3.63, 3.8) is 0 Å². The van der Waals surface area contributed by atoms with Crippen molar-refractivity contribution in [2.75, 3.05) is 12.0 Å². The summed E-state index contributed by atoms with van der Waals surface area (Å²) in [7, 11) is 0. The molecule has 1 rings (SSSR count). The summed E-state index contributed by atoms with van der Waals surface area (Å²) in [6.45, 7) is 4.69. The minimum absolute atomic E-state index is 0.722. The SMILES string of the molecule is CCCC1(CSC)CCC(CC)CC1. The van der Waals surface area contributed by atoms with Gasteiger partial charge in [0.05, 0.1) is 0 Å². The first-order valence-electron chi connectivity index (χ1n) is 6.25. The molecule has 0 atom stereocenters. The van der Waals surface area contributed by atoms with Crippen LogP contribution in [0.3, 0.4) is 0 Å². The van der Waals surface area contributed by atoms with Crippen LogP contribution in [0.5, 0.6) is 0 Å². The Morgan fingerprint density at radius 3 is 2.29 bits per heavy atom. The second kappa shape index (κ2) is 6.05. The van der Waals surface area contributed by atoms with Gasteiger partial charge >= 0.3 is 0 Å². The van der Waals surface area contributed by atoms with Crippen LogP contribution >= 0.6 is 11.8 Å². The lowest BCUT2D eigenvalue weighted by molar-refractivity contribution is 0.159. The highest BCUT2D eigenvalue weighted by molar-refractivity contribution is 7.98. The lowest BCUT2D eigenvalue weighted by Crippen LogP contribution is -2.29. The molecule has 14 heavy (non-hydrogen) atoms. The Balaban J connectivity index is 2.45. The van der Waals surface area contributed by atoms with Crippen molar-refractivity contribution in [2.45, 2.75) is 58.8 Å². The molecule has 0 aromatic heterocycles. The first kappa shape index (κ1) is 12.4. The fraction of sp³-hybridized carbons (Fsp3) is 1.00. The van der Waals surface area contributed by atoms with Crippen molar-refractivity contribution in [1.29, 1.82) is 0 Å². The van der Waals surface area contributed by atoms with Gasteiger partial charge in [0, 0.05) is 0 Å². The van der Waals surface area contributed by atoms with Crippen LogP contribution < -0.4 is 0 Å². The average Bonchev–Trinajstić information content (AvgIpc) is 2.20. The van der Waals surface area contributed by atoms with Gasteiger partial charge in [0.25, 0.3) is 0 Å². The third-order valence-electron chi connectivity index (χ3n) is 3.97. The van der Waals surface area contributed by atoms with Gasteiger partial charge in [-0.15, -0.1) is 0 Å². The third-order valence-corrected chi connectivity index (χ3v) is 4.88. The number of thioether (sulfide) groups is 1. The van der Waals surface area contributed by atoms with Crippen molar-refractivity contribution in [2.24, 2.45) is 11.3 Å². The van der Waals surface area contributed by atoms with Crippen LogP contribution in [0.2, 0.25) is 0 Å². The summed E-state index contributed by atoms with van der Waals surface area (Å²) in [5.41, 5.74) is 0.722. The van der Waals surface area contributed by atoms with E-state index in [0.717, 1.165) is 11.3 Å². The Morgan fingerprint density at radius 1 is 1.21 bits per heavy atom. The molecular weight excluding hydrogens is 188 g/mol. The molecule has 0 radical (unpaired) electrons. The topological polar surface area (TPSA) is 0 Å². The fourth-order valence-corrected chi connectivity index (χ4v) is 4.05. The summed E-state index contributed by atoms with van der Waals surface area (Å²) in [5.74, 6) is 2.44. The van der Waals surface area contributed by atoms with Crippen molar-refractivity contribution in [3.05, 3.63) is 0 Å². The highest BCUT2D eigenvalue weighted by Crippen LogP contribution is 2.44. The van der Waals surface area contributed by atoms with Gasteiger partial charge in [-0.05, 0) is 55.4 Å². The van der Waals surface area contributed by atoms with Gasteiger partial charge in [-0.1, -0.05) is 26.7 Å². The lowest BCUT2D eigenvalue weighted by Gasteiger charge is -2.40. The van der Waals surface area contributed by atoms with Crippen molar-refractivity contribution in [1.82, 2.24) is 0 Å². The fourth-order valence-electron chi connectivity index (χ4n) is 3.00. The number of hydrogen-bond donors (Lipinski definition) is 0. The molecule has 0 aromatic carbocycles. The molecule has 1 fully saturated rings. The Labute approximate surface area is 94.2 Å². The van der Waals surface area contributed by atoms with Crippen molar-refractivity contribution in [3.8, 4) is 0 Å². The Bertz CT molecular complexity index is 137.